The van der Waals surface area contributed by atoms with Crippen LogP contribution in [-0.4, -0.2) is 21.6 Å². The number of anilines is 2. The second-order valence-corrected chi connectivity index (χ2v) is 6.62. The molecule has 2 aromatic carbocycles. The van der Waals surface area contributed by atoms with E-state index in [9.17, 15) is 0 Å². The highest BCUT2D eigenvalue weighted by Gasteiger charge is 2.29. The van der Waals surface area contributed by atoms with E-state index < -0.39 is 0 Å². The molecule has 128 valence electrons. The lowest BCUT2D eigenvalue weighted by molar-refractivity contribution is 0.340. The molecule has 0 spiro atoms. The van der Waals surface area contributed by atoms with Gasteiger partial charge >= 0.3 is 0 Å². The maximum Gasteiger partial charge on any atom is 0.222 e. The zero-order valence-electron chi connectivity index (χ0n) is 14.2. The Hall–Kier alpha value is -3.41. The number of pyridine rings is 1. The number of hydrogen-bond acceptors (Lipinski definition) is 6. The fourth-order valence-corrected chi connectivity index (χ4v) is 3.82. The molecule has 1 aliphatic rings. The van der Waals surface area contributed by atoms with Crippen molar-refractivity contribution in [3.8, 4) is 16.9 Å². The Labute approximate surface area is 149 Å². The summed E-state index contributed by atoms with van der Waals surface area (Å²) in [5.74, 6) is 1.52. The average molecular weight is 343 g/mol. The summed E-state index contributed by atoms with van der Waals surface area (Å²) in [5.41, 5.74) is 16.9. The van der Waals surface area contributed by atoms with Crippen LogP contribution >= 0.6 is 0 Å². The smallest absolute Gasteiger partial charge is 0.222 e. The lowest BCUT2D eigenvalue weighted by Gasteiger charge is -2.15. The Balaban J connectivity index is 1.93. The number of nitrogen functional groups attached to an aromatic ring is 2. The van der Waals surface area contributed by atoms with Gasteiger partial charge in [0, 0.05) is 23.1 Å². The number of fused-ring (bicyclic) bond motifs is 4. The van der Waals surface area contributed by atoms with E-state index in [0.29, 0.717) is 17.9 Å². The van der Waals surface area contributed by atoms with Crippen molar-refractivity contribution in [1.82, 2.24) is 15.0 Å². The van der Waals surface area contributed by atoms with E-state index in [1.807, 2.05) is 24.3 Å². The van der Waals surface area contributed by atoms with Crippen molar-refractivity contribution in [2.24, 2.45) is 0 Å². The Kier molecular flexibility index (Phi) is 3.03. The van der Waals surface area contributed by atoms with Gasteiger partial charge in [0.05, 0.1) is 23.0 Å². The zero-order valence-corrected chi connectivity index (χ0v) is 14.2. The van der Waals surface area contributed by atoms with Gasteiger partial charge in [-0.2, -0.15) is 4.98 Å². The molecule has 4 N–H and O–H groups in total. The summed E-state index contributed by atoms with van der Waals surface area (Å²) in [5, 5.41) is 1.83. The third-order valence-corrected chi connectivity index (χ3v) is 4.93. The van der Waals surface area contributed by atoms with E-state index in [2.05, 4.69) is 34.0 Å². The van der Waals surface area contributed by atoms with Crippen LogP contribution in [0.15, 0.2) is 42.6 Å². The Morgan fingerprint density at radius 3 is 2.81 bits per heavy atom. The molecular formula is C20H17N5O. The van der Waals surface area contributed by atoms with Crippen LogP contribution in [0.3, 0.4) is 0 Å². The van der Waals surface area contributed by atoms with Gasteiger partial charge in [-0.1, -0.05) is 25.1 Å². The predicted molar refractivity (Wildman–Crippen MR) is 103 cm³/mol. The number of nitrogens with zero attached hydrogens (tertiary/aromatic N) is 3. The first kappa shape index (κ1) is 14.9. The SMILES string of the molecule is CC1COc2c1c(-c1cccc3ncccc13)cc1nc(N)nc(N)c21. The molecule has 1 atom stereocenters. The van der Waals surface area contributed by atoms with Crippen molar-refractivity contribution in [2.75, 3.05) is 18.1 Å². The van der Waals surface area contributed by atoms with Crippen LogP contribution in [0.1, 0.15) is 18.4 Å². The number of benzene rings is 2. The maximum atomic E-state index is 6.13. The summed E-state index contributed by atoms with van der Waals surface area (Å²) in [6.45, 7) is 2.76. The van der Waals surface area contributed by atoms with Crippen molar-refractivity contribution >= 4 is 33.6 Å². The zero-order chi connectivity index (χ0) is 17.8. The quantitative estimate of drug-likeness (QED) is 0.548. The molecule has 6 nitrogen and oxygen atoms in total. The second-order valence-electron chi connectivity index (χ2n) is 6.62. The molecule has 26 heavy (non-hydrogen) atoms. The summed E-state index contributed by atoms with van der Waals surface area (Å²) in [6, 6.07) is 12.2. The molecular weight excluding hydrogens is 326 g/mol. The van der Waals surface area contributed by atoms with E-state index in [1.165, 1.54) is 0 Å². The number of aromatic nitrogens is 3. The van der Waals surface area contributed by atoms with Crippen LogP contribution in [0.25, 0.3) is 32.9 Å². The van der Waals surface area contributed by atoms with Crippen LogP contribution in [0.4, 0.5) is 11.8 Å². The number of nitrogens with two attached hydrogens (primary N) is 2. The molecule has 0 fully saturated rings. The van der Waals surface area contributed by atoms with Crippen LogP contribution in [-0.2, 0) is 0 Å². The fraction of sp³-hybridized carbons (Fsp3) is 0.150. The van der Waals surface area contributed by atoms with E-state index in [4.69, 9.17) is 16.2 Å². The van der Waals surface area contributed by atoms with Gasteiger partial charge in [-0.15, -0.1) is 0 Å². The van der Waals surface area contributed by atoms with Crippen molar-refractivity contribution in [3.63, 3.8) is 0 Å². The third kappa shape index (κ3) is 2.02. The molecule has 0 saturated carbocycles. The van der Waals surface area contributed by atoms with Gasteiger partial charge in [-0.3, -0.25) is 4.98 Å². The Morgan fingerprint density at radius 2 is 1.92 bits per heavy atom. The van der Waals surface area contributed by atoms with Gasteiger partial charge in [0.15, 0.2) is 0 Å². The molecule has 0 saturated heterocycles. The van der Waals surface area contributed by atoms with E-state index in [1.54, 1.807) is 6.20 Å². The fourth-order valence-electron chi connectivity index (χ4n) is 3.82. The van der Waals surface area contributed by atoms with E-state index in [-0.39, 0.29) is 11.9 Å². The molecule has 0 radical (unpaired) electrons. The van der Waals surface area contributed by atoms with Gasteiger partial charge in [0.2, 0.25) is 5.95 Å². The summed E-state index contributed by atoms with van der Waals surface area (Å²) in [4.78, 5) is 13.0. The minimum atomic E-state index is 0.159. The number of rotatable bonds is 1. The van der Waals surface area contributed by atoms with Crippen LogP contribution in [0.2, 0.25) is 0 Å². The minimum absolute atomic E-state index is 0.159. The maximum absolute atomic E-state index is 6.13. The number of ether oxygens (including phenoxy) is 1. The molecule has 2 aromatic heterocycles. The molecule has 4 aromatic rings. The topological polar surface area (TPSA) is 99.9 Å². The molecule has 1 aliphatic heterocycles. The van der Waals surface area contributed by atoms with Crippen molar-refractivity contribution in [2.45, 2.75) is 12.8 Å². The predicted octanol–water partition coefficient (Wildman–Crippen LogP) is 3.51. The average Bonchev–Trinajstić information content (AvgIpc) is 3.02. The van der Waals surface area contributed by atoms with Gasteiger partial charge in [0.1, 0.15) is 11.6 Å². The highest BCUT2D eigenvalue weighted by atomic mass is 16.5. The first-order valence-corrected chi connectivity index (χ1v) is 8.50. The monoisotopic (exact) mass is 343 g/mol. The highest BCUT2D eigenvalue weighted by molar-refractivity contribution is 6.03. The second kappa shape index (κ2) is 5.29. The van der Waals surface area contributed by atoms with Crippen molar-refractivity contribution < 1.29 is 4.74 Å². The number of hydrogen-bond donors (Lipinski definition) is 2. The summed E-state index contributed by atoms with van der Waals surface area (Å²) in [7, 11) is 0. The summed E-state index contributed by atoms with van der Waals surface area (Å²) < 4.78 is 6.00. The molecule has 5 rings (SSSR count). The molecule has 0 amide bonds. The summed E-state index contributed by atoms with van der Waals surface area (Å²) >= 11 is 0. The first-order valence-electron chi connectivity index (χ1n) is 8.50. The van der Waals surface area contributed by atoms with Gasteiger partial charge in [-0.25, -0.2) is 4.98 Å². The molecule has 3 heterocycles. The lowest BCUT2D eigenvalue weighted by Crippen LogP contribution is -2.02. The Morgan fingerprint density at radius 1 is 1.04 bits per heavy atom. The Bertz CT molecular complexity index is 1180. The highest BCUT2D eigenvalue weighted by Crippen LogP contribution is 2.47. The first-order chi connectivity index (χ1) is 12.6. The largest absolute Gasteiger partial charge is 0.492 e. The molecule has 0 bridgehead atoms. The standard InChI is InChI=1S/C20H17N5O/c1-10-9-26-18-16(10)13(8-15-17(18)19(21)25-20(22)24-15)11-4-2-6-14-12(11)5-3-7-23-14/h2-8,10H,9H2,1H3,(H4,21,22,24,25). The molecule has 1 unspecified atom stereocenters. The van der Waals surface area contributed by atoms with Crippen LogP contribution in [0.5, 0.6) is 5.75 Å². The van der Waals surface area contributed by atoms with E-state index >= 15 is 0 Å². The van der Waals surface area contributed by atoms with Gasteiger partial charge in [-0.05, 0) is 29.3 Å². The lowest BCUT2D eigenvalue weighted by atomic mass is 9.89. The van der Waals surface area contributed by atoms with Crippen LogP contribution in [0, 0.1) is 0 Å². The van der Waals surface area contributed by atoms with Crippen LogP contribution < -0.4 is 16.2 Å². The third-order valence-electron chi connectivity index (χ3n) is 4.93. The molecule has 0 aliphatic carbocycles. The molecule has 6 heteroatoms. The van der Waals surface area contributed by atoms with Crippen molar-refractivity contribution in [3.05, 3.63) is 48.2 Å². The minimum Gasteiger partial charge on any atom is -0.492 e. The van der Waals surface area contributed by atoms with E-state index in [0.717, 1.165) is 38.7 Å². The van der Waals surface area contributed by atoms with Gasteiger partial charge in [0.25, 0.3) is 0 Å². The van der Waals surface area contributed by atoms with Crippen molar-refractivity contribution in [1.29, 1.82) is 0 Å². The van der Waals surface area contributed by atoms with Gasteiger partial charge < -0.3 is 16.2 Å². The normalized spacial score (nSPS) is 16.0. The summed E-state index contributed by atoms with van der Waals surface area (Å²) in [6.07, 6.45) is 1.80.